The Balaban J connectivity index is 1.13. The lowest BCUT2D eigenvalue weighted by Gasteiger charge is -2.23. The maximum atomic E-state index is 2.49. The summed E-state index contributed by atoms with van der Waals surface area (Å²) in [5.41, 5.74) is 18.4. The van der Waals surface area contributed by atoms with Crippen LogP contribution in [0.1, 0.15) is 49.9 Å². The van der Waals surface area contributed by atoms with Gasteiger partial charge in [0.15, 0.2) is 0 Å². The van der Waals surface area contributed by atoms with Crippen molar-refractivity contribution in [2.24, 2.45) is 0 Å². The van der Waals surface area contributed by atoms with Crippen molar-refractivity contribution in [3.8, 4) is 55.6 Å². The molecule has 0 atom stereocenters. The van der Waals surface area contributed by atoms with E-state index >= 15 is 0 Å². The molecular weight excluding hydrogens is 697 g/mol. The average molecular weight is 739 g/mol. The summed E-state index contributed by atoms with van der Waals surface area (Å²) in [7, 11) is 0. The molecule has 0 bridgehead atoms. The van der Waals surface area contributed by atoms with Gasteiger partial charge in [0.25, 0.3) is 0 Å². The molecule has 0 N–H and O–H groups in total. The highest BCUT2D eigenvalue weighted by Crippen LogP contribution is 2.52. The molecule has 0 saturated heterocycles. The molecule has 2 aliphatic carbocycles. The molecule has 0 saturated carbocycles. The van der Waals surface area contributed by atoms with Crippen LogP contribution < -0.4 is 0 Å². The summed E-state index contributed by atoms with van der Waals surface area (Å²) in [5.74, 6) is 0. The van der Waals surface area contributed by atoms with Crippen LogP contribution in [0.25, 0.3) is 98.7 Å². The topological polar surface area (TPSA) is 0 Å². The predicted molar refractivity (Wildman–Crippen MR) is 248 cm³/mol. The summed E-state index contributed by atoms with van der Waals surface area (Å²) in [6.07, 6.45) is 0. The fourth-order valence-corrected chi connectivity index (χ4v) is 10.8. The van der Waals surface area contributed by atoms with E-state index in [2.05, 4.69) is 210 Å². The molecule has 274 valence electrons. The van der Waals surface area contributed by atoms with Crippen LogP contribution in [0, 0.1) is 0 Å². The lowest BCUT2D eigenvalue weighted by atomic mass is 9.80. The number of benzene rings is 10. The van der Waals surface area contributed by atoms with Gasteiger partial charge in [-0.3, -0.25) is 0 Å². The van der Waals surface area contributed by atoms with Gasteiger partial charge < -0.3 is 0 Å². The summed E-state index contributed by atoms with van der Waals surface area (Å²) in [6, 6.07) is 69.0. The number of hydrogen-bond donors (Lipinski definition) is 0. The van der Waals surface area contributed by atoms with E-state index in [1.165, 1.54) is 121 Å². The van der Waals surface area contributed by atoms with Gasteiger partial charge in [-0.15, -0.1) is 0 Å². The van der Waals surface area contributed by atoms with Crippen molar-refractivity contribution < 1.29 is 0 Å². The highest BCUT2D eigenvalue weighted by Gasteiger charge is 2.36. The Kier molecular flexibility index (Phi) is 6.84. The molecule has 12 rings (SSSR count). The quantitative estimate of drug-likeness (QED) is 0.158. The Morgan fingerprint density at radius 2 is 0.690 bits per heavy atom. The predicted octanol–water partition coefficient (Wildman–Crippen LogP) is 15.9. The van der Waals surface area contributed by atoms with Crippen LogP contribution in [0.3, 0.4) is 0 Å². The largest absolute Gasteiger partial charge is 0.0619 e. The van der Waals surface area contributed by atoms with E-state index in [4.69, 9.17) is 0 Å². The van der Waals surface area contributed by atoms with Crippen LogP contribution in [-0.2, 0) is 10.8 Å². The molecule has 0 spiro atoms. The minimum absolute atomic E-state index is 0.0683. The molecule has 0 unspecified atom stereocenters. The molecule has 0 aromatic heterocycles. The summed E-state index contributed by atoms with van der Waals surface area (Å²) in [5, 5.41) is 10.2. The normalized spacial score (nSPS) is 14.5. The second-order valence-corrected chi connectivity index (χ2v) is 17.7. The van der Waals surface area contributed by atoms with Gasteiger partial charge >= 0.3 is 0 Å². The number of rotatable bonds is 3. The van der Waals surface area contributed by atoms with Crippen molar-refractivity contribution in [1.82, 2.24) is 0 Å². The molecule has 58 heavy (non-hydrogen) atoms. The first-order valence-corrected chi connectivity index (χ1v) is 20.7. The van der Waals surface area contributed by atoms with Gasteiger partial charge in [-0.25, -0.2) is 0 Å². The maximum absolute atomic E-state index is 2.49. The van der Waals surface area contributed by atoms with Gasteiger partial charge in [0.05, 0.1) is 0 Å². The fourth-order valence-electron chi connectivity index (χ4n) is 10.8. The molecule has 2 aliphatic rings. The maximum Gasteiger partial charge on any atom is 0.0159 e. The van der Waals surface area contributed by atoms with Crippen LogP contribution in [0.2, 0.25) is 0 Å². The van der Waals surface area contributed by atoms with Crippen LogP contribution >= 0.6 is 0 Å². The SMILES string of the molecule is CC1(C)c2ccccc2-c2ccc(-c3cc4c5ccc(-c6ccc7ccccc7c6)cc5c(-c5ccc6c(c5)C(C)(C)c5ccccc5-6)cc4c4ccccc34)cc21. The molecule has 0 fully saturated rings. The Bertz CT molecular complexity index is 3390. The first-order chi connectivity index (χ1) is 28.3. The molecule has 0 amide bonds. The average Bonchev–Trinajstić information content (AvgIpc) is 3.64. The molecule has 0 heteroatoms. The molecular formula is C58H42. The molecule has 0 nitrogen and oxygen atoms in total. The van der Waals surface area contributed by atoms with Gasteiger partial charge in [-0.1, -0.05) is 173 Å². The van der Waals surface area contributed by atoms with Gasteiger partial charge in [0, 0.05) is 10.8 Å². The van der Waals surface area contributed by atoms with Crippen molar-refractivity contribution in [3.05, 3.63) is 204 Å². The summed E-state index contributed by atoms with van der Waals surface area (Å²) in [6.45, 7) is 9.51. The Labute approximate surface area is 340 Å². The van der Waals surface area contributed by atoms with E-state index in [1.807, 2.05) is 0 Å². The molecule has 0 heterocycles. The zero-order chi connectivity index (χ0) is 38.9. The van der Waals surface area contributed by atoms with E-state index in [9.17, 15) is 0 Å². The van der Waals surface area contributed by atoms with Crippen molar-refractivity contribution in [2.45, 2.75) is 38.5 Å². The van der Waals surface area contributed by atoms with Crippen LogP contribution in [0.4, 0.5) is 0 Å². The minimum atomic E-state index is -0.0851. The van der Waals surface area contributed by atoms with Crippen LogP contribution in [-0.4, -0.2) is 0 Å². The fraction of sp³-hybridized carbons (Fsp3) is 0.103. The third kappa shape index (κ3) is 4.63. The molecule has 10 aromatic rings. The number of hydrogen-bond acceptors (Lipinski definition) is 0. The third-order valence-electron chi connectivity index (χ3n) is 13.8. The van der Waals surface area contributed by atoms with E-state index in [0.717, 1.165) is 0 Å². The lowest BCUT2D eigenvalue weighted by molar-refractivity contribution is 0.660. The smallest absolute Gasteiger partial charge is 0.0159 e. The first-order valence-electron chi connectivity index (χ1n) is 20.7. The van der Waals surface area contributed by atoms with Crippen molar-refractivity contribution in [3.63, 3.8) is 0 Å². The van der Waals surface area contributed by atoms with Crippen LogP contribution in [0.5, 0.6) is 0 Å². The Morgan fingerprint density at radius 1 is 0.241 bits per heavy atom. The first kappa shape index (κ1) is 33.4. The third-order valence-corrected chi connectivity index (χ3v) is 13.8. The standard InChI is InChI=1S/C58H42/c1-57(2)53-19-11-9-17-44(53)46-27-24-39(31-55(46)57)48-33-52-43-26-23-38(37-22-21-35-13-5-6-14-36(35)29-37)30-50(43)49(34-51(52)42-16-8-7-15-41(42)48)40-25-28-47-45-18-10-12-20-54(45)58(3,4)56(47)32-40/h5-34H,1-4H3. The van der Waals surface area contributed by atoms with Gasteiger partial charge in [-0.05, 0) is 157 Å². The van der Waals surface area contributed by atoms with E-state index < -0.39 is 0 Å². The zero-order valence-electron chi connectivity index (χ0n) is 33.3. The second-order valence-electron chi connectivity index (χ2n) is 17.7. The highest BCUT2D eigenvalue weighted by atomic mass is 14.4. The van der Waals surface area contributed by atoms with Gasteiger partial charge in [0.1, 0.15) is 0 Å². The van der Waals surface area contributed by atoms with E-state index in [0.29, 0.717) is 0 Å². The van der Waals surface area contributed by atoms with Crippen molar-refractivity contribution >= 4 is 43.1 Å². The van der Waals surface area contributed by atoms with Crippen LogP contribution in [0.15, 0.2) is 182 Å². The van der Waals surface area contributed by atoms with Crippen molar-refractivity contribution in [2.75, 3.05) is 0 Å². The lowest BCUT2D eigenvalue weighted by Crippen LogP contribution is -2.14. The second kappa shape index (κ2) is 11.9. The monoisotopic (exact) mass is 738 g/mol. The van der Waals surface area contributed by atoms with Crippen molar-refractivity contribution in [1.29, 1.82) is 0 Å². The summed E-state index contributed by atoms with van der Waals surface area (Å²) >= 11 is 0. The summed E-state index contributed by atoms with van der Waals surface area (Å²) in [4.78, 5) is 0. The molecule has 0 radical (unpaired) electrons. The minimum Gasteiger partial charge on any atom is -0.0619 e. The zero-order valence-corrected chi connectivity index (χ0v) is 33.3. The number of fused-ring (bicyclic) bond motifs is 12. The summed E-state index contributed by atoms with van der Waals surface area (Å²) < 4.78 is 0. The van der Waals surface area contributed by atoms with Gasteiger partial charge in [-0.2, -0.15) is 0 Å². The van der Waals surface area contributed by atoms with E-state index in [-0.39, 0.29) is 10.8 Å². The Morgan fingerprint density at radius 3 is 1.33 bits per heavy atom. The van der Waals surface area contributed by atoms with E-state index in [1.54, 1.807) is 0 Å². The highest BCUT2D eigenvalue weighted by molar-refractivity contribution is 6.24. The Hall–Kier alpha value is -6.76. The molecule has 0 aliphatic heterocycles. The van der Waals surface area contributed by atoms with Gasteiger partial charge in [0.2, 0.25) is 0 Å². The molecule has 10 aromatic carbocycles.